The molecule has 3 heterocycles. The molecular weight excluding hydrogens is 649 g/mol. The average Bonchev–Trinajstić information content (AvgIpc) is 3.58. The van der Waals surface area contributed by atoms with Crippen molar-refractivity contribution in [1.82, 2.24) is 19.5 Å². The van der Waals surface area contributed by atoms with Gasteiger partial charge in [-0.25, -0.2) is 9.97 Å². The number of para-hydroxylation sites is 2. The van der Waals surface area contributed by atoms with Crippen LogP contribution in [0.5, 0.6) is 5.75 Å². The fourth-order valence-corrected chi connectivity index (χ4v) is 6.99. The van der Waals surface area contributed by atoms with Crippen LogP contribution in [0, 0.1) is 0 Å². The highest BCUT2D eigenvalue weighted by Crippen LogP contribution is 2.40. The number of nitrogens with zero attached hydrogens (tertiary/aromatic N) is 4. The second-order valence-corrected chi connectivity index (χ2v) is 14.6. The molecule has 0 atom stereocenters. The molecule has 0 radical (unpaired) electrons. The van der Waals surface area contributed by atoms with E-state index in [1.807, 2.05) is 60.8 Å². The lowest BCUT2D eigenvalue weighted by Gasteiger charge is -2.21. The predicted molar refractivity (Wildman–Crippen MR) is 218 cm³/mol. The van der Waals surface area contributed by atoms with Gasteiger partial charge in [0.25, 0.3) is 0 Å². The topological polar surface area (TPSA) is 63.8 Å². The summed E-state index contributed by atoms with van der Waals surface area (Å²) in [4.78, 5) is 15.4. The molecule has 0 spiro atoms. The molecule has 1 N–H and O–H groups in total. The summed E-state index contributed by atoms with van der Waals surface area (Å²) < 4.78 is 2.16. The molecule has 0 aliphatic carbocycles. The molecule has 5 heteroatoms. The van der Waals surface area contributed by atoms with E-state index in [-0.39, 0.29) is 11.2 Å². The van der Waals surface area contributed by atoms with E-state index in [1.54, 1.807) is 6.07 Å². The van der Waals surface area contributed by atoms with Crippen LogP contribution in [0.1, 0.15) is 45.2 Å². The Balaban J connectivity index is 1.39. The number of fused-ring (bicyclic) bond motifs is 1. The van der Waals surface area contributed by atoms with E-state index in [1.165, 1.54) is 11.1 Å². The van der Waals surface area contributed by atoms with E-state index >= 15 is 0 Å². The lowest BCUT2D eigenvalue weighted by Crippen LogP contribution is -2.11. The fraction of sp³-hybridized carbons (Fsp3) is 0.146. The van der Waals surface area contributed by atoms with Crippen LogP contribution in [0.15, 0.2) is 152 Å². The smallest absolute Gasteiger partial charge is 0.149 e. The molecule has 260 valence electrons. The zero-order valence-corrected chi connectivity index (χ0v) is 30.6. The number of phenolic OH excluding ortho intramolecular Hbond substituents is 1. The fourth-order valence-electron chi connectivity index (χ4n) is 6.99. The minimum atomic E-state index is -0.0973. The SMILES string of the molecule is CCCc1ccc(-c2cc(-c3cccc4c3nc(-c3ccccc3O)n4-c3cc(-c4ccccc4)nc(-c4ccccc4)c3)cc(C(C)(C)C)c2)nc1. The molecule has 0 saturated heterocycles. The number of aromatic nitrogens is 4. The number of phenols is 1. The van der Waals surface area contributed by atoms with Crippen molar-refractivity contribution in [2.45, 2.75) is 46.0 Å². The first-order valence-corrected chi connectivity index (χ1v) is 18.3. The zero-order valence-electron chi connectivity index (χ0n) is 30.6. The minimum Gasteiger partial charge on any atom is -0.507 e. The van der Waals surface area contributed by atoms with Gasteiger partial charge in [0.1, 0.15) is 11.6 Å². The van der Waals surface area contributed by atoms with Crippen LogP contribution in [0.3, 0.4) is 0 Å². The Morgan fingerprint density at radius 3 is 1.85 bits per heavy atom. The maximum Gasteiger partial charge on any atom is 0.149 e. The van der Waals surface area contributed by atoms with Crippen molar-refractivity contribution in [2.24, 2.45) is 0 Å². The summed E-state index contributed by atoms with van der Waals surface area (Å²) in [7, 11) is 0. The quantitative estimate of drug-likeness (QED) is 0.172. The average molecular weight is 691 g/mol. The highest BCUT2D eigenvalue weighted by Gasteiger charge is 2.23. The molecule has 0 aliphatic rings. The number of aromatic hydroxyl groups is 1. The van der Waals surface area contributed by atoms with Gasteiger partial charge in [-0.15, -0.1) is 0 Å². The van der Waals surface area contributed by atoms with Crippen LogP contribution < -0.4 is 0 Å². The second-order valence-electron chi connectivity index (χ2n) is 14.6. The van der Waals surface area contributed by atoms with E-state index in [0.717, 1.165) is 74.5 Å². The van der Waals surface area contributed by atoms with Crippen LogP contribution in [-0.2, 0) is 11.8 Å². The van der Waals surface area contributed by atoms with Gasteiger partial charge in [-0.3, -0.25) is 9.55 Å². The number of rotatable bonds is 8. The van der Waals surface area contributed by atoms with Crippen molar-refractivity contribution in [3.63, 3.8) is 0 Å². The normalized spacial score (nSPS) is 11.6. The number of imidazole rings is 1. The van der Waals surface area contributed by atoms with Gasteiger partial charge in [-0.1, -0.05) is 131 Å². The maximum absolute atomic E-state index is 11.3. The standard InChI is InChI=1S/C48H42N4O/c1-5-15-32-24-25-41(49-31-32)36-26-35(27-37(28-36)48(2,3)4)39-21-14-22-44-46(39)51-47(40-20-12-13-23-45(40)53)52(44)38-29-42(33-16-8-6-9-17-33)50-43(30-38)34-18-10-7-11-19-34/h6-14,16-31,53H,5,15H2,1-4H3. The Bertz CT molecular complexity index is 2490. The van der Waals surface area contributed by atoms with Crippen LogP contribution in [0.25, 0.3) is 73.0 Å². The highest BCUT2D eigenvalue weighted by atomic mass is 16.3. The van der Waals surface area contributed by atoms with E-state index in [9.17, 15) is 5.11 Å². The number of pyridine rings is 2. The first kappa shape index (κ1) is 33.8. The van der Waals surface area contributed by atoms with Gasteiger partial charge in [0, 0.05) is 28.5 Å². The molecular formula is C48H42N4O. The van der Waals surface area contributed by atoms with Crippen molar-refractivity contribution in [1.29, 1.82) is 0 Å². The van der Waals surface area contributed by atoms with Crippen molar-refractivity contribution in [3.05, 3.63) is 163 Å². The lowest BCUT2D eigenvalue weighted by atomic mass is 9.83. The van der Waals surface area contributed by atoms with Gasteiger partial charge in [0.15, 0.2) is 0 Å². The van der Waals surface area contributed by atoms with Crippen molar-refractivity contribution >= 4 is 11.0 Å². The van der Waals surface area contributed by atoms with Crippen molar-refractivity contribution < 1.29 is 5.11 Å². The number of hydrogen-bond acceptors (Lipinski definition) is 4. The lowest BCUT2D eigenvalue weighted by molar-refractivity contribution is 0.477. The molecule has 0 unspecified atom stereocenters. The predicted octanol–water partition coefficient (Wildman–Crippen LogP) is 12.1. The van der Waals surface area contributed by atoms with Crippen LogP contribution >= 0.6 is 0 Å². The zero-order chi connectivity index (χ0) is 36.5. The Morgan fingerprint density at radius 2 is 1.23 bits per heavy atom. The van der Waals surface area contributed by atoms with Gasteiger partial charge < -0.3 is 5.11 Å². The monoisotopic (exact) mass is 690 g/mol. The molecule has 8 rings (SSSR count). The van der Waals surface area contributed by atoms with Crippen LogP contribution in [0.4, 0.5) is 0 Å². The van der Waals surface area contributed by atoms with Gasteiger partial charge in [-0.05, 0) is 77.1 Å². The van der Waals surface area contributed by atoms with E-state index in [4.69, 9.17) is 15.0 Å². The largest absolute Gasteiger partial charge is 0.507 e. The molecule has 0 aliphatic heterocycles. The Labute approximate surface area is 311 Å². The molecule has 5 nitrogen and oxygen atoms in total. The van der Waals surface area contributed by atoms with E-state index in [0.29, 0.717) is 11.4 Å². The summed E-state index contributed by atoms with van der Waals surface area (Å²) >= 11 is 0. The second kappa shape index (κ2) is 14.0. The van der Waals surface area contributed by atoms with Gasteiger partial charge in [0.05, 0.1) is 39.4 Å². The van der Waals surface area contributed by atoms with E-state index in [2.05, 4.69) is 117 Å². The summed E-state index contributed by atoms with van der Waals surface area (Å²) in [5.41, 5.74) is 13.5. The van der Waals surface area contributed by atoms with Crippen LogP contribution in [0.2, 0.25) is 0 Å². The van der Waals surface area contributed by atoms with Crippen LogP contribution in [-0.4, -0.2) is 24.6 Å². The van der Waals surface area contributed by atoms with Crippen molar-refractivity contribution in [3.8, 4) is 67.7 Å². The third-order valence-corrected chi connectivity index (χ3v) is 9.81. The first-order valence-electron chi connectivity index (χ1n) is 18.3. The Morgan fingerprint density at radius 1 is 0.585 bits per heavy atom. The molecule has 0 saturated carbocycles. The third-order valence-electron chi connectivity index (χ3n) is 9.81. The van der Waals surface area contributed by atoms with E-state index < -0.39 is 0 Å². The number of aryl methyl sites for hydroxylation is 1. The Hall–Kier alpha value is -6.33. The highest BCUT2D eigenvalue weighted by molar-refractivity contribution is 5.97. The molecule has 3 aromatic heterocycles. The van der Waals surface area contributed by atoms with Gasteiger partial charge >= 0.3 is 0 Å². The summed E-state index contributed by atoms with van der Waals surface area (Å²) in [5, 5.41) is 11.3. The Kier molecular flexibility index (Phi) is 8.93. The first-order chi connectivity index (χ1) is 25.8. The summed E-state index contributed by atoms with van der Waals surface area (Å²) in [6, 6.07) is 49.7. The summed E-state index contributed by atoms with van der Waals surface area (Å²) in [5.74, 6) is 0.816. The molecule has 0 bridgehead atoms. The summed E-state index contributed by atoms with van der Waals surface area (Å²) in [6.07, 6.45) is 4.11. The molecule has 5 aromatic carbocycles. The number of benzene rings is 5. The number of hydrogen-bond donors (Lipinski definition) is 1. The minimum absolute atomic E-state index is 0.0973. The van der Waals surface area contributed by atoms with Gasteiger partial charge in [0.2, 0.25) is 0 Å². The third kappa shape index (κ3) is 6.74. The molecule has 0 amide bonds. The van der Waals surface area contributed by atoms with Crippen molar-refractivity contribution in [2.75, 3.05) is 0 Å². The maximum atomic E-state index is 11.3. The molecule has 53 heavy (non-hydrogen) atoms. The molecule has 8 aromatic rings. The van der Waals surface area contributed by atoms with Gasteiger partial charge in [-0.2, -0.15) is 0 Å². The summed E-state index contributed by atoms with van der Waals surface area (Å²) in [6.45, 7) is 8.94. The molecule has 0 fully saturated rings.